The van der Waals surface area contributed by atoms with Crippen molar-refractivity contribution < 1.29 is 14.3 Å². The number of hydrogen-bond acceptors (Lipinski definition) is 3. The van der Waals surface area contributed by atoms with Gasteiger partial charge < -0.3 is 14.8 Å². The third-order valence-corrected chi connectivity index (χ3v) is 5.75. The van der Waals surface area contributed by atoms with E-state index >= 15 is 0 Å². The van der Waals surface area contributed by atoms with Crippen LogP contribution in [0, 0.1) is 0 Å². The van der Waals surface area contributed by atoms with Crippen LogP contribution < -0.4 is 14.8 Å². The second-order valence-corrected chi connectivity index (χ2v) is 8.39. The van der Waals surface area contributed by atoms with Gasteiger partial charge in [0.05, 0.1) is 5.69 Å². The molecule has 1 aliphatic heterocycles. The molecule has 0 radical (unpaired) electrons. The Balaban J connectivity index is 1.44. The summed E-state index contributed by atoms with van der Waals surface area (Å²) in [5, 5.41) is 3.45. The molecule has 0 spiro atoms. The lowest BCUT2D eigenvalue weighted by Gasteiger charge is -2.14. The van der Waals surface area contributed by atoms with Gasteiger partial charge >= 0.3 is 0 Å². The molecule has 34 heavy (non-hydrogen) atoms. The molecule has 0 fully saturated rings. The number of hydrogen-bond donors (Lipinski definition) is 1. The quantitative estimate of drug-likeness (QED) is 0.298. The van der Waals surface area contributed by atoms with Gasteiger partial charge in [-0.25, -0.2) is 0 Å². The smallest absolute Gasteiger partial charge is 0.256 e. The third-order valence-electron chi connectivity index (χ3n) is 5.52. The third kappa shape index (κ3) is 4.98. The molecule has 1 amide bonds. The average molecular weight is 468 g/mol. The fourth-order valence-corrected chi connectivity index (χ4v) is 3.97. The van der Waals surface area contributed by atoms with E-state index in [-0.39, 0.29) is 5.91 Å². The molecule has 1 aliphatic rings. The molecule has 0 saturated heterocycles. The fraction of sp³-hybridized carbons (Fsp3) is 0.0690. The zero-order valence-corrected chi connectivity index (χ0v) is 19.1. The normalized spacial score (nSPS) is 13.4. The molecule has 0 aromatic heterocycles. The molecule has 0 bridgehead atoms. The number of nitrogens with one attached hydrogen (secondary N) is 1. The Morgan fingerprint density at radius 3 is 2.06 bits per heavy atom. The summed E-state index contributed by atoms with van der Waals surface area (Å²) < 4.78 is 12.2. The van der Waals surface area contributed by atoms with Gasteiger partial charge in [0.1, 0.15) is 13.2 Å². The van der Waals surface area contributed by atoms with Gasteiger partial charge in [-0.2, -0.15) is 0 Å². The van der Waals surface area contributed by atoms with Crippen molar-refractivity contribution in [3.63, 3.8) is 0 Å². The number of rotatable bonds is 7. The zero-order valence-electron chi connectivity index (χ0n) is 18.3. The van der Waals surface area contributed by atoms with Gasteiger partial charge in [0, 0.05) is 16.2 Å². The van der Waals surface area contributed by atoms with Crippen LogP contribution in [0.1, 0.15) is 22.3 Å². The van der Waals surface area contributed by atoms with E-state index in [1.807, 2.05) is 91.0 Å². The van der Waals surface area contributed by atoms with Crippen molar-refractivity contribution in [2.45, 2.75) is 13.2 Å². The van der Waals surface area contributed by atoms with E-state index in [0.29, 0.717) is 41.0 Å². The maximum absolute atomic E-state index is 12.6. The molecule has 4 nitrogen and oxygen atoms in total. The second kappa shape index (κ2) is 9.86. The second-order valence-electron chi connectivity index (χ2n) is 7.96. The summed E-state index contributed by atoms with van der Waals surface area (Å²) in [6, 6.07) is 31.0. The average Bonchev–Trinajstić information content (AvgIpc) is 3.17. The van der Waals surface area contributed by atoms with E-state index in [9.17, 15) is 4.79 Å². The van der Waals surface area contributed by atoms with E-state index in [0.717, 1.165) is 22.3 Å². The first-order chi connectivity index (χ1) is 16.7. The van der Waals surface area contributed by atoms with Crippen LogP contribution >= 0.6 is 11.6 Å². The Hall–Kier alpha value is -4.02. The lowest BCUT2D eigenvalue weighted by Crippen LogP contribution is -2.04. The summed E-state index contributed by atoms with van der Waals surface area (Å²) in [6.45, 7) is 0.837. The lowest BCUT2D eigenvalue weighted by molar-refractivity contribution is -0.110. The summed E-state index contributed by atoms with van der Waals surface area (Å²) in [7, 11) is 0. The van der Waals surface area contributed by atoms with Crippen LogP contribution in [0.5, 0.6) is 11.5 Å². The van der Waals surface area contributed by atoms with Gasteiger partial charge in [0.15, 0.2) is 11.5 Å². The Morgan fingerprint density at radius 1 is 0.735 bits per heavy atom. The Bertz CT molecular complexity index is 1350. The van der Waals surface area contributed by atoms with Gasteiger partial charge in [0.25, 0.3) is 5.91 Å². The first kappa shape index (κ1) is 21.8. The van der Waals surface area contributed by atoms with Gasteiger partial charge in [0.2, 0.25) is 0 Å². The monoisotopic (exact) mass is 467 g/mol. The number of amides is 1. The summed E-state index contributed by atoms with van der Waals surface area (Å²) >= 11 is 6.08. The van der Waals surface area contributed by atoms with Crippen LogP contribution in [0.15, 0.2) is 97.1 Å². The predicted molar refractivity (Wildman–Crippen MR) is 136 cm³/mol. The molecule has 0 unspecified atom stereocenters. The SMILES string of the molecule is O=C1Nc2cc(Cl)ccc2C1=Cc1ccc(OCc2ccccc2)c(OCc2ccccc2)c1. The predicted octanol–water partition coefficient (Wildman–Crippen LogP) is 6.99. The van der Waals surface area contributed by atoms with E-state index < -0.39 is 0 Å². The van der Waals surface area contributed by atoms with Gasteiger partial charge in [-0.15, -0.1) is 0 Å². The molecule has 168 valence electrons. The molecule has 0 saturated carbocycles. The molecular formula is C29H22ClNO3. The van der Waals surface area contributed by atoms with Gasteiger partial charge in [-0.05, 0) is 47.0 Å². The minimum absolute atomic E-state index is 0.159. The van der Waals surface area contributed by atoms with Gasteiger partial charge in [-0.3, -0.25) is 4.79 Å². The fourth-order valence-electron chi connectivity index (χ4n) is 3.79. The summed E-state index contributed by atoms with van der Waals surface area (Å²) in [4.78, 5) is 12.6. The highest BCUT2D eigenvalue weighted by molar-refractivity contribution is 6.36. The van der Waals surface area contributed by atoms with Crippen molar-refractivity contribution >= 4 is 34.8 Å². The lowest BCUT2D eigenvalue weighted by atomic mass is 10.0. The van der Waals surface area contributed by atoms with E-state index in [4.69, 9.17) is 21.1 Å². The van der Waals surface area contributed by atoms with Crippen molar-refractivity contribution in [2.75, 3.05) is 5.32 Å². The highest BCUT2D eigenvalue weighted by Gasteiger charge is 2.24. The first-order valence-corrected chi connectivity index (χ1v) is 11.3. The Morgan fingerprint density at radius 2 is 1.38 bits per heavy atom. The molecule has 4 aromatic carbocycles. The number of carbonyl (C=O) groups excluding carboxylic acids is 1. The summed E-state index contributed by atoms with van der Waals surface area (Å²) in [6.07, 6.45) is 1.85. The first-order valence-electron chi connectivity index (χ1n) is 11.0. The van der Waals surface area contributed by atoms with Crippen molar-refractivity contribution in [1.82, 2.24) is 0 Å². The molecule has 0 atom stereocenters. The number of fused-ring (bicyclic) bond motifs is 1. The van der Waals surface area contributed by atoms with Crippen LogP contribution in [-0.2, 0) is 18.0 Å². The molecule has 0 aliphatic carbocycles. The molecule has 5 rings (SSSR count). The number of anilines is 1. The molecule has 5 heteroatoms. The molecule has 1 heterocycles. The number of benzene rings is 4. The van der Waals surface area contributed by atoms with E-state index in [1.165, 1.54) is 0 Å². The number of carbonyl (C=O) groups is 1. The Labute approximate surface area is 203 Å². The highest BCUT2D eigenvalue weighted by Crippen LogP contribution is 2.36. The number of halogens is 1. The van der Waals surface area contributed by atoms with Crippen LogP contribution in [0.4, 0.5) is 5.69 Å². The Kier molecular flexibility index (Phi) is 6.32. The van der Waals surface area contributed by atoms with Crippen molar-refractivity contribution in [1.29, 1.82) is 0 Å². The minimum atomic E-state index is -0.159. The number of ether oxygens (including phenoxy) is 2. The van der Waals surface area contributed by atoms with Gasteiger partial charge in [-0.1, -0.05) is 84.4 Å². The van der Waals surface area contributed by atoms with Crippen LogP contribution in [0.25, 0.3) is 11.6 Å². The molecule has 1 N–H and O–H groups in total. The van der Waals surface area contributed by atoms with E-state index in [1.54, 1.807) is 12.1 Å². The highest BCUT2D eigenvalue weighted by atomic mass is 35.5. The van der Waals surface area contributed by atoms with E-state index in [2.05, 4.69) is 5.32 Å². The maximum Gasteiger partial charge on any atom is 0.256 e. The topological polar surface area (TPSA) is 47.6 Å². The standard InChI is InChI=1S/C29H22ClNO3/c30-23-12-13-24-25(29(32)31-26(24)17-23)15-22-11-14-27(33-18-20-7-3-1-4-8-20)28(16-22)34-19-21-9-5-2-6-10-21/h1-17H,18-19H2,(H,31,32). The maximum atomic E-state index is 12.6. The largest absolute Gasteiger partial charge is 0.485 e. The zero-order chi connectivity index (χ0) is 23.3. The molecule has 4 aromatic rings. The summed E-state index contributed by atoms with van der Waals surface area (Å²) in [5.74, 6) is 1.10. The molecular weight excluding hydrogens is 446 g/mol. The summed E-state index contributed by atoms with van der Waals surface area (Å²) in [5.41, 5.74) is 5.08. The van der Waals surface area contributed by atoms with Crippen molar-refractivity contribution in [3.8, 4) is 11.5 Å². The van der Waals surface area contributed by atoms with Crippen molar-refractivity contribution in [2.24, 2.45) is 0 Å². The minimum Gasteiger partial charge on any atom is -0.485 e. The van der Waals surface area contributed by atoms with Crippen LogP contribution in [0.2, 0.25) is 5.02 Å². The van der Waals surface area contributed by atoms with Crippen LogP contribution in [0.3, 0.4) is 0 Å². The van der Waals surface area contributed by atoms with Crippen LogP contribution in [-0.4, -0.2) is 5.91 Å². The van der Waals surface area contributed by atoms with Crippen molar-refractivity contribution in [3.05, 3.63) is 124 Å².